The summed E-state index contributed by atoms with van der Waals surface area (Å²) in [4.78, 5) is 32.7. The summed E-state index contributed by atoms with van der Waals surface area (Å²) in [5.41, 5.74) is 5.63. The Morgan fingerprint density at radius 1 is 0.961 bits per heavy atom. The molecule has 1 heterocycles. The second-order valence-electron chi connectivity index (χ2n) is 10.5. The van der Waals surface area contributed by atoms with E-state index in [9.17, 15) is 22.4 Å². The van der Waals surface area contributed by atoms with Crippen LogP contribution in [0.5, 0.6) is 0 Å². The van der Waals surface area contributed by atoms with E-state index in [4.69, 9.17) is 29.8 Å². The number of primary amides is 1. The molecule has 0 aliphatic heterocycles. The summed E-state index contributed by atoms with van der Waals surface area (Å²) in [5, 5.41) is 14.4. The van der Waals surface area contributed by atoms with Gasteiger partial charge in [0, 0.05) is 37.6 Å². The molecule has 0 unspecified atom stereocenters. The zero-order valence-electron chi connectivity index (χ0n) is 27.8. The van der Waals surface area contributed by atoms with E-state index in [0.29, 0.717) is 62.9 Å². The van der Waals surface area contributed by atoms with Gasteiger partial charge >= 0.3 is 5.97 Å². The molecular weight excluding hydrogens is 757 g/mol. The van der Waals surface area contributed by atoms with Crippen molar-refractivity contribution in [3.63, 3.8) is 0 Å². The number of amides is 1. The van der Waals surface area contributed by atoms with Crippen LogP contribution in [0.1, 0.15) is 10.4 Å². The monoisotopic (exact) mass is 797 g/mol. The lowest BCUT2D eigenvalue weighted by molar-refractivity contribution is -0.131. The third-order valence-electron chi connectivity index (χ3n) is 6.63. The third kappa shape index (κ3) is 15.4. The quantitative estimate of drug-likeness (QED) is 0.0616. The Kier molecular flexibility index (Phi) is 17.8. The average Bonchev–Trinajstić information content (AvgIpc) is 3.08. The van der Waals surface area contributed by atoms with Crippen molar-refractivity contribution in [3.05, 3.63) is 76.7 Å². The van der Waals surface area contributed by atoms with Crippen LogP contribution in [0.3, 0.4) is 0 Å². The number of carbonyl (C=O) groups excluding carboxylic acids is 1. The molecule has 0 radical (unpaired) electrons. The number of rotatable bonds is 25. The van der Waals surface area contributed by atoms with Crippen molar-refractivity contribution in [3.8, 4) is 0 Å². The van der Waals surface area contributed by atoms with E-state index in [2.05, 4.69) is 41.3 Å². The third-order valence-corrected chi connectivity index (χ3v) is 8.68. The number of nitrogens with zero attached hydrogens (tertiary/aromatic N) is 3. The van der Waals surface area contributed by atoms with Crippen molar-refractivity contribution < 1.29 is 46.5 Å². The smallest absolute Gasteiger partial charge is 0.328 e. The highest BCUT2D eigenvalue weighted by atomic mass is 79.9. The molecule has 0 bridgehead atoms. The summed E-state index contributed by atoms with van der Waals surface area (Å²) in [6, 6.07) is 9.95. The van der Waals surface area contributed by atoms with Crippen LogP contribution in [0.15, 0.2) is 70.2 Å². The molecule has 51 heavy (non-hydrogen) atoms. The number of aromatic nitrogens is 2. The summed E-state index contributed by atoms with van der Waals surface area (Å²) in [5.74, 6) is -2.32. The van der Waals surface area contributed by atoms with Crippen molar-refractivity contribution >= 4 is 61.0 Å². The fraction of sp³-hybridized carbons (Fsp3) is 0.375. The molecule has 0 saturated heterocycles. The predicted octanol–water partition coefficient (Wildman–Crippen LogP) is 2.88. The van der Waals surface area contributed by atoms with E-state index in [0.717, 1.165) is 12.1 Å². The second-order valence-corrected chi connectivity index (χ2v) is 13.2. The zero-order chi connectivity index (χ0) is 37.1. The number of nitrogens with two attached hydrogens (primary N) is 1. The molecular formula is C32H41BrFN7O9S. The number of halogens is 2. The molecule has 0 fully saturated rings. The Hall–Kier alpha value is -4.08. The van der Waals surface area contributed by atoms with Crippen LogP contribution >= 0.6 is 15.9 Å². The van der Waals surface area contributed by atoms with Gasteiger partial charge in [-0.1, -0.05) is 12.1 Å². The summed E-state index contributed by atoms with van der Waals surface area (Å²) >= 11 is 3.32. The largest absolute Gasteiger partial charge is 0.478 e. The maximum absolute atomic E-state index is 14.2. The van der Waals surface area contributed by atoms with Gasteiger partial charge < -0.3 is 45.3 Å². The van der Waals surface area contributed by atoms with Crippen molar-refractivity contribution in [1.82, 2.24) is 19.6 Å². The summed E-state index contributed by atoms with van der Waals surface area (Å²) in [7, 11) is -1.93. The van der Waals surface area contributed by atoms with E-state index >= 15 is 0 Å². The Morgan fingerprint density at radius 2 is 1.59 bits per heavy atom. The molecule has 0 aliphatic rings. The van der Waals surface area contributed by atoms with Crippen molar-refractivity contribution in [2.45, 2.75) is 4.90 Å². The van der Waals surface area contributed by atoms with E-state index in [-0.39, 0.29) is 47.7 Å². The zero-order valence-corrected chi connectivity index (χ0v) is 30.3. The van der Waals surface area contributed by atoms with Gasteiger partial charge in [-0.3, -0.25) is 4.79 Å². The van der Waals surface area contributed by atoms with E-state index in [1.807, 2.05) is 11.9 Å². The van der Waals surface area contributed by atoms with Gasteiger partial charge in [0.2, 0.25) is 16.0 Å². The van der Waals surface area contributed by atoms with Crippen LogP contribution in [-0.2, 0) is 33.8 Å². The summed E-state index contributed by atoms with van der Waals surface area (Å²) in [6.07, 6.45) is 4.13. The van der Waals surface area contributed by atoms with Gasteiger partial charge in [0.25, 0.3) is 5.91 Å². The van der Waals surface area contributed by atoms with Gasteiger partial charge in [0.1, 0.15) is 11.6 Å². The van der Waals surface area contributed by atoms with Crippen LogP contribution < -0.4 is 21.1 Å². The number of hydrogen-bond donors (Lipinski definition) is 5. The second kappa shape index (κ2) is 22.0. The van der Waals surface area contributed by atoms with Crippen molar-refractivity contribution in [1.29, 1.82) is 0 Å². The van der Waals surface area contributed by atoms with Gasteiger partial charge in [0.15, 0.2) is 0 Å². The fourth-order valence-corrected chi connectivity index (χ4v) is 5.41. The topological polar surface area (TPSA) is 217 Å². The number of nitrogens with one attached hydrogen (secondary N) is 3. The first-order valence-electron chi connectivity index (χ1n) is 15.6. The van der Waals surface area contributed by atoms with Crippen LogP contribution in [0.2, 0.25) is 0 Å². The van der Waals surface area contributed by atoms with Gasteiger partial charge in [-0.25, -0.2) is 27.3 Å². The first kappa shape index (κ1) is 41.3. The predicted molar refractivity (Wildman–Crippen MR) is 190 cm³/mol. The minimum Gasteiger partial charge on any atom is -0.478 e. The number of carboxylic acids is 1. The molecule has 19 heteroatoms. The molecule has 0 aliphatic carbocycles. The van der Waals surface area contributed by atoms with E-state index in [1.165, 1.54) is 30.5 Å². The number of benzene rings is 2. The van der Waals surface area contributed by atoms with Gasteiger partial charge in [-0.05, 0) is 59.4 Å². The molecule has 1 amide bonds. The van der Waals surface area contributed by atoms with Crippen molar-refractivity contribution in [2.75, 3.05) is 90.2 Å². The molecule has 0 atom stereocenters. The number of carbonyl (C=O) groups is 2. The van der Waals surface area contributed by atoms with Crippen molar-refractivity contribution in [2.24, 2.45) is 5.73 Å². The lowest BCUT2D eigenvalue weighted by Gasteiger charge is -2.14. The Labute approximate surface area is 303 Å². The Morgan fingerprint density at radius 3 is 2.22 bits per heavy atom. The number of anilines is 4. The summed E-state index contributed by atoms with van der Waals surface area (Å²) in [6.45, 7) is 4.12. The maximum atomic E-state index is 14.2. The lowest BCUT2D eigenvalue weighted by atomic mass is 10.1. The molecule has 1 aromatic heterocycles. The molecule has 3 rings (SSSR count). The molecule has 278 valence electrons. The van der Waals surface area contributed by atoms with Crippen LogP contribution in [-0.4, -0.2) is 120 Å². The number of hydrogen-bond acceptors (Lipinski definition) is 13. The average molecular weight is 799 g/mol. The number of ether oxygens (including phenoxy) is 4. The van der Waals surface area contributed by atoms with Crippen LogP contribution in [0, 0.1) is 5.82 Å². The minimum atomic E-state index is -3.80. The summed E-state index contributed by atoms with van der Waals surface area (Å²) < 4.78 is 64.3. The fourth-order valence-electron chi connectivity index (χ4n) is 4.11. The number of sulfonamides is 1. The normalized spacial score (nSPS) is 11.7. The SMILES string of the molecule is CN(C/C=C/C(=O)O)CCOCCOCCOCCOCCNS(=O)(=O)c1ccc(Nc2ncc(Br)c(Nc3cccc(F)c3C(N)=O)n2)cc1. The Bertz CT molecular complexity index is 1700. The number of likely N-dealkylation sites (N-methyl/N-ethyl adjacent to an activating group) is 1. The van der Waals surface area contributed by atoms with Crippen LogP contribution in [0.4, 0.5) is 27.5 Å². The van der Waals surface area contributed by atoms with E-state index in [1.54, 1.807) is 18.2 Å². The first-order chi connectivity index (χ1) is 24.5. The molecule has 16 nitrogen and oxygen atoms in total. The maximum Gasteiger partial charge on any atom is 0.328 e. The highest BCUT2D eigenvalue weighted by Crippen LogP contribution is 2.28. The number of carboxylic acid groups (broad SMARTS) is 1. The molecule has 2 aromatic carbocycles. The molecule has 0 saturated carbocycles. The van der Waals surface area contributed by atoms with Gasteiger partial charge in [-0.15, -0.1) is 0 Å². The molecule has 0 spiro atoms. The highest BCUT2D eigenvalue weighted by Gasteiger charge is 2.17. The van der Waals surface area contributed by atoms with E-state index < -0.39 is 27.7 Å². The minimum absolute atomic E-state index is 0.0451. The Balaban J connectivity index is 1.28. The first-order valence-corrected chi connectivity index (χ1v) is 17.9. The van der Waals surface area contributed by atoms with Crippen LogP contribution in [0.25, 0.3) is 0 Å². The standard InChI is InChI=1S/C32H41BrFN7O9S/c1-41(12-3-6-28(42)43)13-15-48-17-19-50-21-20-49-18-16-47-14-11-37-51(45,46)24-9-7-23(8-10-24)38-32-36-22-25(33)31(40-32)39-27-5-2-4-26(34)29(27)30(35)44/h2-10,22,37H,11-21H2,1H3,(H2,35,44)(H,42,43)(H2,36,38,39,40)/b6-3+. The van der Waals surface area contributed by atoms with Gasteiger partial charge in [0.05, 0.1) is 73.5 Å². The molecule has 3 aromatic rings. The van der Waals surface area contributed by atoms with Gasteiger partial charge in [-0.2, -0.15) is 4.98 Å². The lowest BCUT2D eigenvalue weighted by Crippen LogP contribution is -2.27. The number of aliphatic carboxylic acids is 1. The molecule has 6 N–H and O–H groups in total. The highest BCUT2D eigenvalue weighted by molar-refractivity contribution is 9.10.